The number of hydrogen-bond donors (Lipinski definition) is 8. The third-order valence-corrected chi connectivity index (χ3v) is 7.55. The summed E-state index contributed by atoms with van der Waals surface area (Å²) in [5.74, 6) is -5.44. The molecule has 6 amide bonds. The summed E-state index contributed by atoms with van der Waals surface area (Å²) in [6, 6.07) is 1.89. The third kappa shape index (κ3) is 9.87. The Bertz CT molecular complexity index is 1290. The zero-order valence-electron chi connectivity index (χ0n) is 24.5. The van der Waals surface area contributed by atoms with Gasteiger partial charge in [-0.2, -0.15) is 0 Å². The van der Waals surface area contributed by atoms with Crippen LogP contribution in [0.5, 0.6) is 5.75 Å². The summed E-state index contributed by atoms with van der Waals surface area (Å²) in [4.78, 5) is 89.2. The predicted octanol–water partition coefficient (Wildman–Crippen LogP) is -3.72. The van der Waals surface area contributed by atoms with Gasteiger partial charge in [-0.3, -0.25) is 33.6 Å². The molecular weight excluding hydrogens is 594 g/mol. The van der Waals surface area contributed by atoms with Crippen molar-refractivity contribution in [1.82, 2.24) is 25.8 Å². The highest BCUT2D eigenvalue weighted by atomic mass is 16.4. The number of β-amino-alcohol motifs (C(OH)–C–C–N with tert-alkyl or cyclic N) is 1. The number of carboxylic acids is 1. The topological polar surface area (TPSA) is 275 Å². The minimum Gasteiger partial charge on any atom is -0.508 e. The predicted molar refractivity (Wildman–Crippen MR) is 155 cm³/mol. The van der Waals surface area contributed by atoms with Crippen LogP contribution in [0.4, 0.5) is 0 Å². The number of aliphatic carboxylic acids is 1. The molecule has 2 aliphatic rings. The molecule has 17 nitrogen and oxygen atoms in total. The Hall–Kier alpha value is -4.77. The lowest BCUT2D eigenvalue weighted by Crippen LogP contribution is -2.56. The summed E-state index contributed by atoms with van der Waals surface area (Å²) in [5.41, 5.74) is 11.9. The monoisotopic (exact) mass is 633 g/mol. The fraction of sp³-hybridized carbons (Fsp3) is 0.536. The maximum absolute atomic E-state index is 13.6. The lowest BCUT2D eigenvalue weighted by Gasteiger charge is -2.32. The van der Waals surface area contributed by atoms with Gasteiger partial charge >= 0.3 is 5.97 Å². The van der Waals surface area contributed by atoms with E-state index in [1.165, 1.54) is 21.9 Å². The molecule has 1 aromatic carbocycles. The number of aliphatic hydroxyl groups excluding tert-OH is 1. The molecule has 2 saturated heterocycles. The van der Waals surface area contributed by atoms with Crippen molar-refractivity contribution in [3.8, 4) is 5.75 Å². The van der Waals surface area contributed by atoms with Gasteiger partial charge < -0.3 is 52.5 Å². The fourth-order valence-corrected chi connectivity index (χ4v) is 5.34. The molecule has 0 radical (unpaired) electrons. The van der Waals surface area contributed by atoms with Crippen LogP contribution >= 0.6 is 0 Å². The number of carbonyl (C=O) groups excluding carboxylic acids is 6. The minimum absolute atomic E-state index is 0.0697. The number of amides is 6. The zero-order valence-corrected chi connectivity index (χ0v) is 24.5. The molecule has 0 unspecified atom stereocenters. The highest BCUT2D eigenvalue weighted by molar-refractivity contribution is 5.96. The van der Waals surface area contributed by atoms with Gasteiger partial charge in [0.05, 0.1) is 25.2 Å². The highest BCUT2D eigenvalue weighted by Crippen LogP contribution is 2.26. The maximum atomic E-state index is 13.6. The second-order valence-electron chi connectivity index (χ2n) is 11.0. The molecule has 3 rings (SSSR count). The van der Waals surface area contributed by atoms with Crippen molar-refractivity contribution in [2.75, 3.05) is 26.2 Å². The van der Waals surface area contributed by atoms with E-state index < -0.39 is 91.2 Å². The smallest absolute Gasteiger partial charge is 0.303 e. The Morgan fingerprint density at radius 3 is 2.31 bits per heavy atom. The van der Waals surface area contributed by atoms with E-state index in [1.54, 1.807) is 12.1 Å². The van der Waals surface area contributed by atoms with Gasteiger partial charge in [-0.1, -0.05) is 12.1 Å². The van der Waals surface area contributed by atoms with Gasteiger partial charge in [-0.05, 0) is 43.4 Å². The number of primary amides is 1. The first-order valence-electron chi connectivity index (χ1n) is 14.4. The first-order chi connectivity index (χ1) is 21.3. The van der Waals surface area contributed by atoms with Crippen molar-refractivity contribution in [1.29, 1.82) is 0 Å². The lowest BCUT2D eigenvalue weighted by atomic mass is 10.0. The lowest BCUT2D eigenvalue weighted by molar-refractivity contribution is -0.147. The average molecular weight is 634 g/mol. The Morgan fingerprint density at radius 1 is 0.978 bits per heavy atom. The number of rotatable bonds is 14. The van der Waals surface area contributed by atoms with Crippen LogP contribution in [-0.4, -0.2) is 123 Å². The molecule has 246 valence electrons. The summed E-state index contributed by atoms with van der Waals surface area (Å²) < 4.78 is 0. The molecule has 0 aromatic heterocycles. The molecule has 2 heterocycles. The van der Waals surface area contributed by atoms with Crippen LogP contribution in [0.1, 0.15) is 37.7 Å². The van der Waals surface area contributed by atoms with Crippen LogP contribution in [0.3, 0.4) is 0 Å². The van der Waals surface area contributed by atoms with Crippen LogP contribution < -0.4 is 27.4 Å². The zero-order chi connectivity index (χ0) is 33.3. The Morgan fingerprint density at radius 2 is 1.67 bits per heavy atom. The van der Waals surface area contributed by atoms with E-state index in [1.807, 2.05) is 0 Å². The van der Waals surface area contributed by atoms with Crippen LogP contribution in [0.25, 0.3) is 0 Å². The normalized spacial score (nSPS) is 20.6. The average Bonchev–Trinajstić information content (AvgIpc) is 3.64. The standard InChI is InChI=1S/C28H39N7O10/c29-18(10-15-3-5-16(36)6-4-15)27(44)34-9-1-2-20(34)28(45)35-14-17(37)11-21(35)26(43)32-13-23(39)33-19(7-8-24(40)41)25(42)31-12-22(30)38/h3-6,17-21,36-37H,1-2,7-14,29H2,(H2,30,38)(H,31,42)(H,32,43)(H,33,39)(H,40,41)/t17-,18-,19-,20-,21-/m1/s1. The Balaban J connectivity index is 1.60. The molecule has 17 heteroatoms. The van der Waals surface area contributed by atoms with Gasteiger partial charge in [-0.15, -0.1) is 0 Å². The molecule has 10 N–H and O–H groups in total. The van der Waals surface area contributed by atoms with Crippen molar-refractivity contribution in [2.45, 2.75) is 68.8 Å². The maximum Gasteiger partial charge on any atom is 0.303 e. The highest BCUT2D eigenvalue weighted by Gasteiger charge is 2.45. The minimum atomic E-state index is -1.33. The second-order valence-corrected chi connectivity index (χ2v) is 11.0. The third-order valence-electron chi connectivity index (χ3n) is 7.55. The number of carboxylic acid groups (broad SMARTS) is 1. The van der Waals surface area contributed by atoms with Crippen molar-refractivity contribution < 1.29 is 48.9 Å². The van der Waals surface area contributed by atoms with Gasteiger partial charge in [0.25, 0.3) is 0 Å². The van der Waals surface area contributed by atoms with Gasteiger partial charge in [0, 0.05) is 25.9 Å². The van der Waals surface area contributed by atoms with E-state index in [-0.39, 0.29) is 38.1 Å². The second kappa shape index (κ2) is 15.8. The van der Waals surface area contributed by atoms with E-state index in [0.717, 1.165) is 5.56 Å². The molecule has 2 fully saturated rings. The first-order valence-corrected chi connectivity index (χ1v) is 14.4. The summed E-state index contributed by atoms with van der Waals surface area (Å²) in [5, 5.41) is 35.6. The molecule has 2 aliphatic heterocycles. The number of phenols is 1. The number of nitrogens with one attached hydrogen (secondary N) is 3. The SMILES string of the molecule is NC(=O)CNC(=O)[C@@H](CCC(=O)O)NC(=O)CNC(=O)[C@H]1C[C@@H](O)CN1C(=O)[C@H]1CCCN1C(=O)[C@H](N)Cc1ccc(O)cc1. The largest absolute Gasteiger partial charge is 0.508 e. The van der Waals surface area contributed by atoms with Crippen LogP contribution in [0.2, 0.25) is 0 Å². The molecule has 45 heavy (non-hydrogen) atoms. The number of carbonyl (C=O) groups is 7. The Kier molecular flexibility index (Phi) is 12.2. The quantitative estimate of drug-likeness (QED) is 0.0986. The number of benzene rings is 1. The van der Waals surface area contributed by atoms with Crippen LogP contribution in [0.15, 0.2) is 24.3 Å². The van der Waals surface area contributed by atoms with Crippen molar-refractivity contribution in [3.63, 3.8) is 0 Å². The van der Waals surface area contributed by atoms with E-state index in [4.69, 9.17) is 16.6 Å². The van der Waals surface area contributed by atoms with E-state index in [0.29, 0.717) is 12.8 Å². The Labute approximate surface area is 258 Å². The van der Waals surface area contributed by atoms with Gasteiger partial charge in [-0.25, -0.2) is 0 Å². The number of likely N-dealkylation sites (tertiary alicyclic amines) is 2. The molecule has 0 saturated carbocycles. The molecule has 0 spiro atoms. The molecule has 1 aromatic rings. The van der Waals surface area contributed by atoms with Crippen molar-refractivity contribution >= 4 is 41.4 Å². The van der Waals surface area contributed by atoms with Crippen molar-refractivity contribution in [2.24, 2.45) is 11.5 Å². The molecular formula is C28H39N7O10. The first kappa shape index (κ1) is 34.7. The summed E-state index contributed by atoms with van der Waals surface area (Å²) in [6.07, 6.45) is -0.887. The molecule has 5 atom stereocenters. The van der Waals surface area contributed by atoms with Crippen molar-refractivity contribution in [3.05, 3.63) is 29.8 Å². The number of nitrogens with two attached hydrogens (primary N) is 2. The van der Waals surface area contributed by atoms with E-state index >= 15 is 0 Å². The number of nitrogens with zero attached hydrogens (tertiary/aromatic N) is 2. The fourth-order valence-electron chi connectivity index (χ4n) is 5.34. The number of aliphatic hydroxyl groups is 1. The van der Waals surface area contributed by atoms with Crippen LogP contribution in [0, 0.1) is 0 Å². The number of aromatic hydroxyl groups is 1. The van der Waals surface area contributed by atoms with E-state index in [2.05, 4.69) is 16.0 Å². The summed E-state index contributed by atoms with van der Waals surface area (Å²) in [7, 11) is 0. The molecule has 0 bridgehead atoms. The van der Waals surface area contributed by atoms with Crippen LogP contribution in [-0.2, 0) is 40.0 Å². The number of phenolic OH excluding ortho intramolecular Hbond substituents is 1. The van der Waals surface area contributed by atoms with E-state index in [9.17, 15) is 43.8 Å². The van der Waals surface area contributed by atoms with Gasteiger partial charge in [0.2, 0.25) is 35.4 Å². The summed E-state index contributed by atoms with van der Waals surface area (Å²) >= 11 is 0. The number of hydrogen-bond acceptors (Lipinski definition) is 10. The van der Waals surface area contributed by atoms with Gasteiger partial charge in [0.1, 0.15) is 23.9 Å². The summed E-state index contributed by atoms with van der Waals surface area (Å²) in [6.45, 7) is -1.06. The van der Waals surface area contributed by atoms with Gasteiger partial charge in [0.15, 0.2) is 0 Å². The molecule has 0 aliphatic carbocycles.